The molecule has 0 N–H and O–H groups in total. The summed E-state index contributed by atoms with van der Waals surface area (Å²) in [6.45, 7) is 23.5. The number of carbonyl (C=O) groups is 3. The van der Waals surface area contributed by atoms with E-state index in [-0.39, 0.29) is 12.2 Å². The van der Waals surface area contributed by atoms with Crippen LogP contribution in [0.4, 0.5) is 0 Å². The second-order valence-electron chi connectivity index (χ2n) is 8.39. The standard InChI is InChI=1S/C18H28O6.C9H14O4/c1-11(2)17(19)23-13(5)21-15-7-9-16(10-8-15)22-14(6)24-18(20)12(3)4;1-5-9(10)13-8(4)12-7(3)11-6-2/h13-16H,1,3,7-10H2,2,4-6H3;5-8H,1-2H2,3-4H3. The molecule has 0 radical (unpaired) electrons. The van der Waals surface area contributed by atoms with Crippen molar-refractivity contribution in [1.29, 1.82) is 0 Å². The minimum Gasteiger partial charge on any atom is -0.473 e. The van der Waals surface area contributed by atoms with Crippen LogP contribution >= 0.6 is 0 Å². The van der Waals surface area contributed by atoms with Gasteiger partial charge < -0.3 is 33.2 Å². The third-order valence-electron chi connectivity index (χ3n) is 4.75. The number of rotatable bonds is 14. The van der Waals surface area contributed by atoms with Crippen LogP contribution < -0.4 is 0 Å². The molecule has 210 valence electrons. The summed E-state index contributed by atoms with van der Waals surface area (Å²) < 4.78 is 36.3. The molecule has 0 spiro atoms. The monoisotopic (exact) mass is 526 g/mol. The fraction of sp³-hybridized carbons (Fsp3) is 0.593. The van der Waals surface area contributed by atoms with Crippen molar-refractivity contribution in [1.82, 2.24) is 0 Å². The third kappa shape index (κ3) is 16.4. The van der Waals surface area contributed by atoms with Gasteiger partial charge in [-0.2, -0.15) is 0 Å². The molecular weight excluding hydrogens is 484 g/mol. The molecule has 37 heavy (non-hydrogen) atoms. The first-order valence-electron chi connectivity index (χ1n) is 12.1. The molecule has 1 fully saturated rings. The maximum atomic E-state index is 11.4. The van der Waals surface area contributed by atoms with E-state index < -0.39 is 43.1 Å². The van der Waals surface area contributed by atoms with Crippen LogP contribution in [0.25, 0.3) is 0 Å². The fourth-order valence-electron chi connectivity index (χ4n) is 3.08. The molecular formula is C27H42O10. The molecule has 10 heteroatoms. The molecule has 0 amide bonds. The first-order chi connectivity index (χ1) is 17.3. The molecule has 0 saturated heterocycles. The van der Waals surface area contributed by atoms with Crippen molar-refractivity contribution >= 4 is 17.9 Å². The number of hydrogen-bond donors (Lipinski definition) is 0. The minimum atomic E-state index is -0.666. The van der Waals surface area contributed by atoms with Crippen LogP contribution in [0, 0.1) is 0 Å². The lowest BCUT2D eigenvalue weighted by atomic mass is 9.95. The summed E-state index contributed by atoms with van der Waals surface area (Å²) in [5.41, 5.74) is 0.696. The maximum Gasteiger partial charge on any atom is 0.335 e. The molecule has 0 aromatic heterocycles. The summed E-state index contributed by atoms with van der Waals surface area (Å²) >= 11 is 0. The van der Waals surface area contributed by atoms with E-state index in [9.17, 15) is 14.4 Å². The van der Waals surface area contributed by atoms with Gasteiger partial charge in [-0.1, -0.05) is 26.3 Å². The van der Waals surface area contributed by atoms with Gasteiger partial charge in [-0.3, -0.25) is 0 Å². The lowest BCUT2D eigenvalue weighted by Gasteiger charge is -2.31. The smallest absolute Gasteiger partial charge is 0.335 e. The lowest BCUT2D eigenvalue weighted by Crippen LogP contribution is -2.33. The molecule has 1 aliphatic carbocycles. The van der Waals surface area contributed by atoms with Crippen LogP contribution in [0.15, 0.2) is 49.8 Å². The molecule has 0 aromatic rings. The average molecular weight is 527 g/mol. The van der Waals surface area contributed by atoms with Gasteiger partial charge in [0.2, 0.25) is 18.9 Å². The first-order valence-corrected chi connectivity index (χ1v) is 12.1. The van der Waals surface area contributed by atoms with Gasteiger partial charge in [0.1, 0.15) is 0 Å². The van der Waals surface area contributed by atoms with Crippen molar-refractivity contribution in [2.45, 2.75) is 105 Å². The number of esters is 3. The predicted molar refractivity (Wildman–Crippen MR) is 137 cm³/mol. The van der Waals surface area contributed by atoms with Crippen molar-refractivity contribution in [3.63, 3.8) is 0 Å². The summed E-state index contributed by atoms with van der Waals surface area (Å²) in [5.74, 6) is -1.43. The van der Waals surface area contributed by atoms with Gasteiger partial charge in [0.25, 0.3) is 0 Å². The van der Waals surface area contributed by atoms with Crippen LogP contribution in [0.3, 0.4) is 0 Å². The number of hydrogen-bond acceptors (Lipinski definition) is 10. The highest BCUT2D eigenvalue weighted by molar-refractivity contribution is 5.87. The van der Waals surface area contributed by atoms with Crippen LogP contribution in [-0.4, -0.2) is 55.3 Å². The molecule has 4 unspecified atom stereocenters. The number of carbonyl (C=O) groups excluding carboxylic acids is 3. The molecule has 1 aliphatic rings. The molecule has 1 rings (SSSR count). The second kappa shape index (κ2) is 18.3. The second-order valence-corrected chi connectivity index (χ2v) is 8.39. The van der Waals surface area contributed by atoms with E-state index in [1.165, 1.54) is 6.26 Å². The first kappa shape index (κ1) is 34.0. The normalized spacial score (nSPS) is 19.8. The Labute approximate surface area is 220 Å². The van der Waals surface area contributed by atoms with E-state index in [0.717, 1.165) is 31.8 Å². The van der Waals surface area contributed by atoms with Crippen molar-refractivity contribution < 1.29 is 47.5 Å². The zero-order valence-electron chi connectivity index (χ0n) is 22.9. The van der Waals surface area contributed by atoms with Crippen LogP contribution in [0.2, 0.25) is 0 Å². The van der Waals surface area contributed by atoms with Gasteiger partial charge >= 0.3 is 17.9 Å². The largest absolute Gasteiger partial charge is 0.473 e. The summed E-state index contributed by atoms with van der Waals surface area (Å²) in [4.78, 5) is 33.6. The van der Waals surface area contributed by atoms with E-state index in [0.29, 0.717) is 11.1 Å². The Bertz CT molecular complexity index is 738. The fourth-order valence-corrected chi connectivity index (χ4v) is 3.08. The van der Waals surface area contributed by atoms with Crippen LogP contribution in [0.1, 0.15) is 67.2 Å². The molecule has 0 aromatic carbocycles. The molecule has 4 atom stereocenters. The Morgan fingerprint density at radius 1 is 0.703 bits per heavy atom. The van der Waals surface area contributed by atoms with Gasteiger partial charge in [-0.05, 0) is 67.2 Å². The number of ether oxygens (including phenoxy) is 7. The lowest BCUT2D eigenvalue weighted by molar-refractivity contribution is -0.213. The van der Waals surface area contributed by atoms with E-state index in [1.54, 1.807) is 41.5 Å². The maximum absolute atomic E-state index is 11.4. The minimum absolute atomic E-state index is 0.0195. The van der Waals surface area contributed by atoms with Gasteiger partial charge in [-0.15, -0.1) is 0 Å². The Balaban J connectivity index is 0.000000845. The quantitative estimate of drug-likeness (QED) is 0.102. The zero-order chi connectivity index (χ0) is 28.5. The van der Waals surface area contributed by atoms with Crippen molar-refractivity contribution in [3.05, 3.63) is 49.8 Å². The van der Waals surface area contributed by atoms with Crippen molar-refractivity contribution in [2.24, 2.45) is 0 Å². The molecule has 0 bridgehead atoms. The highest BCUT2D eigenvalue weighted by atomic mass is 16.8. The Hall–Kier alpha value is -2.95. The summed E-state index contributed by atoms with van der Waals surface area (Å²) in [7, 11) is 0. The highest BCUT2D eigenvalue weighted by Gasteiger charge is 2.26. The Kier molecular flexibility index (Phi) is 16.9. The third-order valence-corrected chi connectivity index (χ3v) is 4.75. The topological polar surface area (TPSA) is 116 Å². The van der Waals surface area contributed by atoms with E-state index >= 15 is 0 Å². The van der Waals surface area contributed by atoms with Crippen LogP contribution in [0.5, 0.6) is 0 Å². The predicted octanol–water partition coefficient (Wildman–Crippen LogP) is 4.85. The molecule has 10 nitrogen and oxygen atoms in total. The van der Waals surface area contributed by atoms with Gasteiger partial charge in [0, 0.05) is 17.2 Å². The SMILES string of the molecule is C=C(C)C(=O)OC(C)OC1CCC(OC(C)OC(=O)C(=C)C)CC1.C=COC(C)OC(C)OC(=O)C=C. The Morgan fingerprint density at radius 2 is 1.11 bits per heavy atom. The summed E-state index contributed by atoms with van der Waals surface area (Å²) in [5, 5.41) is 0. The summed E-state index contributed by atoms with van der Waals surface area (Å²) in [6.07, 6.45) is 3.16. The Morgan fingerprint density at radius 3 is 1.43 bits per heavy atom. The highest BCUT2D eigenvalue weighted by Crippen LogP contribution is 2.26. The van der Waals surface area contributed by atoms with E-state index in [2.05, 4.69) is 26.3 Å². The van der Waals surface area contributed by atoms with Crippen molar-refractivity contribution in [2.75, 3.05) is 0 Å². The molecule has 0 aliphatic heterocycles. The van der Waals surface area contributed by atoms with E-state index in [4.69, 9.17) is 33.2 Å². The zero-order valence-corrected chi connectivity index (χ0v) is 22.9. The van der Waals surface area contributed by atoms with Crippen LogP contribution in [-0.2, 0) is 47.5 Å². The average Bonchev–Trinajstić information content (AvgIpc) is 2.80. The van der Waals surface area contributed by atoms with Crippen molar-refractivity contribution in [3.8, 4) is 0 Å². The van der Waals surface area contributed by atoms with Gasteiger partial charge in [-0.25, -0.2) is 14.4 Å². The summed E-state index contributed by atoms with van der Waals surface area (Å²) in [6, 6.07) is 0. The van der Waals surface area contributed by atoms with Gasteiger partial charge in [0.05, 0.1) is 18.5 Å². The molecule has 1 saturated carbocycles. The van der Waals surface area contributed by atoms with Gasteiger partial charge in [0.15, 0.2) is 6.29 Å². The molecule has 0 heterocycles. The van der Waals surface area contributed by atoms with E-state index in [1.807, 2.05) is 0 Å².